The SMILES string of the molecule is CCCCCCCCCC(OC)c1cccc(-c2csc(C(=O)c3cc(Cl)c(C=C(C)C(=O)O)c(Cl)c3)n2)c1F.[Na].[Na]. The van der Waals surface area contributed by atoms with Crippen molar-refractivity contribution < 1.29 is 23.8 Å². The first-order chi connectivity index (χ1) is 19.2. The van der Waals surface area contributed by atoms with Crippen molar-refractivity contribution in [2.75, 3.05) is 7.11 Å². The number of thiazole rings is 1. The molecule has 0 amide bonds. The number of carboxylic acid groups (broad SMARTS) is 1. The number of ketones is 1. The van der Waals surface area contributed by atoms with E-state index in [1.54, 1.807) is 30.7 Å². The first-order valence-corrected chi connectivity index (χ1v) is 15.0. The summed E-state index contributed by atoms with van der Waals surface area (Å²) in [4.78, 5) is 28.8. The molecular formula is C31H34Cl2FNNa2O4S. The third kappa shape index (κ3) is 10.8. The molecule has 1 atom stereocenters. The van der Waals surface area contributed by atoms with Crippen LogP contribution in [0.1, 0.15) is 97.8 Å². The Morgan fingerprint density at radius 1 is 1.07 bits per heavy atom. The van der Waals surface area contributed by atoms with Crippen LogP contribution >= 0.6 is 34.5 Å². The minimum absolute atomic E-state index is 0. The van der Waals surface area contributed by atoms with Gasteiger partial charge < -0.3 is 9.84 Å². The smallest absolute Gasteiger partial charge is 0.331 e. The second-order valence-electron chi connectivity index (χ2n) is 9.70. The second kappa shape index (κ2) is 19.7. The zero-order valence-corrected chi connectivity index (χ0v) is 31.3. The van der Waals surface area contributed by atoms with Gasteiger partial charge >= 0.3 is 5.97 Å². The molecule has 0 aliphatic carbocycles. The molecule has 0 saturated carbocycles. The van der Waals surface area contributed by atoms with Gasteiger partial charge in [-0.1, -0.05) is 87.2 Å². The van der Waals surface area contributed by atoms with Crippen LogP contribution in [0.2, 0.25) is 10.0 Å². The van der Waals surface area contributed by atoms with Crippen molar-refractivity contribution >= 4 is 111 Å². The van der Waals surface area contributed by atoms with Gasteiger partial charge in [-0.2, -0.15) is 0 Å². The summed E-state index contributed by atoms with van der Waals surface area (Å²) >= 11 is 13.7. The summed E-state index contributed by atoms with van der Waals surface area (Å²) in [6, 6.07) is 8.00. The number of unbranched alkanes of at least 4 members (excludes halogenated alkanes) is 6. The number of methoxy groups -OCH3 is 1. The minimum Gasteiger partial charge on any atom is -0.478 e. The van der Waals surface area contributed by atoms with Crippen LogP contribution in [0.5, 0.6) is 0 Å². The molecule has 1 N–H and O–H groups in total. The Labute approximate surface area is 305 Å². The molecular weight excluding hydrogens is 618 g/mol. The number of aromatic nitrogens is 1. The summed E-state index contributed by atoms with van der Waals surface area (Å²) in [6.07, 6.45) is 9.90. The molecule has 0 aliphatic rings. The number of halogens is 3. The first kappa shape index (κ1) is 39.4. The zero-order chi connectivity index (χ0) is 29.2. The summed E-state index contributed by atoms with van der Waals surface area (Å²) in [5.41, 5.74) is 1.69. The molecule has 1 unspecified atom stereocenters. The molecule has 0 aliphatic heterocycles. The fraction of sp³-hybridized carbons (Fsp3) is 0.387. The van der Waals surface area contributed by atoms with E-state index < -0.39 is 17.6 Å². The van der Waals surface area contributed by atoms with Gasteiger partial charge in [0.15, 0.2) is 5.01 Å². The van der Waals surface area contributed by atoms with Crippen LogP contribution in [0.25, 0.3) is 17.3 Å². The van der Waals surface area contributed by atoms with Crippen LogP contribution in [-0.2, 0) is 9.53 Å². The molecule has 0 fully saturated rings. The number of carboxylic acids is 1. The topological polar surface area (TPSA) is 76.5 Å². The van der Waals surface area contributed by atoms with Crippen LogP contribution in [0.3, 0.4) is 0 Å². The van der Waals surface area contributed by atoms with Gasteiger partial charge in [0.1, 0.15) is 5.82 Å². The number of nitrogens with zero attached hydrogens (tertiary/aromatic N) is 1. The standard InChI is InChI=1S/C31H34Cl2FNO4S.2Na/c1-4-5-6-7-8-9-10-14-27(39-3)22-13-11-12-21(28(22)34)26-18-40-30(35-26)29(36)20-16-24(32)23(25(33)17-20)15-19(2)31(37)38;;/h11-13,15-18,27H,4-10,14H2,1-3H3,(H,37,38);;. The van der Waals surface area contributed by atoms with Gasteiger partial charge in [0.05, 0.1) is 21.8 Å². The Balaban J connectivity index is 0.00000441. The van der Waals surface area contributed by atoms with Crippen LogP contribution in [0, 0.1) is 5.82 Å². The molecule has 1 aromatic heterocycles. The number of hydrogen-bond donors (Lipinski definition) is 1. The molecule has 0 bridgehead atoms. The van der Waals surface area contributed by atoms with Crippen molar-refractivity contribution in [3.05, 3.63) is 78.8 Å². The van der Waals surface area contributed by atoms with Crippen molar-refractivity contribution in [1.29, 1.82) is 0 Å². The molecule has 3 aromatic rings. The Morgan fingerprint density at radius 2 is 1.69 bits per heavy atom. The molecule has 1 heterocycles. The van der Waals surface area contributed by atoms with Gasteiger partial charge in [-0.3, -0.25) is 4.79 Å². The maximum absolute atomic E-state index is 15.7. The van der Waals surface area contributed by atoms with Crippen LogP contribution in [-0.4, -0.2) is 88.1 Å². The van der Waals surface area contributed by atoms with Crippen LogP contribution in [0.15, 0.2) is 41.3 Å². The summed E-state index contributed by atoms with van der Waals surface area (Å²) in [7, 11) is 1.60. The van der Waals surface area contributed by atoms with Crippen molar-refractivity contribution in [2.24, 2.45) is 0 Å². The van der Waals surface area contributed by atoms with Crippen molar-refractivity contribution in [3.8, 4) is 11.3 Å². The van der Waals surface area contributed by atoms with Crippen molar-refractivity contribution in [2.45, 2.75) is 71.3 Å². The number of ether oxygens (including phenoxy) is 1. The minimum atomic E-state index is -1.10. The van der Waals surface area contributed by atoms with E-state index >= 15 is 4.39 Å². The number of carbonyl (C=O) groups is 2. The monoisotopic (exact) mass is 651 g/mol. The molecule has 5 nitrogen and oxygen atoms in total. The van der Waals surface area contributed by atoms with E-state index in [2.05, 4.69) is 11.9 Å². The van der Waals surface area contributed by atoms with E-state index in [1.807, 2.05) is 0 Å². The van der Waals surface area contributed by atoms with Crippen LogP contribution < -0.4 is 0 Å². The van der Waals surface area contributed by atoms with Gasteiger partial charge in [-0.15, -0.1) is 11.3 Å². The Hall–Kier alpha value is -0.580. The van der Waals surface area contributed by atoms with Gasteiger partial charge in [-0.05, 0) is 37.6 Å². The van der Waals surface area contributed by atoms with E-state index in [9.17, 15) is 9.59 Å². The normalized spacial score (nSPS) is 11.9. The summed E-state index contributed by atoms with van der Waals surface area (Å²) in [5.74, 6) is -1.93. The molecule has 0 spiro atoms. The Bertz CT molecular complexity index is 1360. The number of benzene rings is 2. The molecule has 216 valence electrons. The molecule has 0 saturated heterocycles. The fourth-order valence-electron chi connectivity index (χ4n) is 4.44. The summed E-state index contributed by atoms with van der Waals surface area (Å²) in [5, 5.41) is 11.2. The second-order valence-corrected chi connectivity index (χ2v) is 11.4. The predicted molar refractivity (Wildman–Crippen MR) is 173 cm³/mol. The van der Waals surface area contributed by atoms with Gasteiger partial charge in [0, 0.05) is 99.4 Å². The Kier molecular flexibility index (Phi) is 18.5. The number of aliphatic carboxylic acids is 1. The van der Waals surface area contributed by atoms with Crippen molar-refractivity contribution in [3.63, 3.8) is 0 Å². The summed E-state index contributed by atoms with van der Waals surface area (Å²) < 4.78 is 21.3. The molecule has 2 aromatic carbocycles. The quantitative estimate of drug-likeness (QED) is 0.0768. The van der Waals surface area contributed by atoms with E-state index in [0.717, 1.165) is 30.6 Å². The predicted octanol–water partition coefficient (Wildman–Crippen LogP) is 9.04. The average Bonchev–Trinajstić information content (AvgIpc) is 3.42. The number of carbonyl (C=O) groups excluding carboxylic acids is 1. The Morgan fingerprint density at radius 3 is 2.29 bits per heavy atom. The number of hydrogen-bond acceptors (Lipinski definition) is 5. The maximum atomic E-state index is 15.7. The molecule has 3 rings (SSSR count). The maximum Gasteiger partial charge on any atom is 0.331 e. The largest absolute Gasteiger partial charge is 0.478 e. The third-order valence-corrected chi connectivity index (χ3v) is 8.21. The first-order valence-electron chi connectivity index (χ1n) is 13.4. The van der Waals surface area contributed by atoms with Crippen molar-refractivity contribution in [1.82, 2.24) is 4.98 Å². The third-order valence-electron chi connectivity index (χ3n) is 6.74. The number of rotatable bonds is 15. The van der Waals surface area contributed by atoms with E-state index in [4.69, 9.17) is 33.0 Å². The van der Waals surface area contributed by atoms with Gasteiger partial charge in [0.25, 0.3) is 0 Å². The van der Waals surface area contributed by atoms with E-state index in [-0.39, 0.29) is 91.4 Å². The van der Waals surface area contributed by atoms with Gasteiger partial charge in [0.2, 0.25) is 5.78 Å². The fourth-order valence-corrected chi connectivity index (χ4v) is 5.82. The van der Waals surface area contributed by atoms with Gasteiger partial charge in [-0.25, -0.2) is 14.2 Å². The zero-order valence-electron chi connectivity index (χ0n) is 24.9. The summed E-state index contributed by atoms with van der Waals surface area (Å²) in [6.45, 7) is 3.62. The van der Waals surface area contributed by atoms with E-state index in [0.29, 0.717) is 22.4 Å². The molecule has 11 heteroatoms. The van der Waals surface area contributed by atoms with E-state index in [1.165, 1.54) is 57.2 Å². The molecule has 42 heavy (non-hydrogen) atoms. The molecule has 2 radical (unpaired) electrons. The average molecular weight is 653 g/mol. The van der Waals surface area contributed by atoms with Crippen LogP contribution in [0.4, 0.5) is 4.39 Å².